The predicted octanol–water partition coefficient (Wildman–Crippen LogP) is 1.74. The third kappa shape index (κ3) is 4.84. The van der Waals surface area contributed by atoms with Gasteiger partial charge in [0.1, 0.15) is 6.42 Å². The number of rotatable bonds is 5. The molecule has 0 spiro atoms. The minimum absolute atomic E-state index is 0.191. The molecule has 5 nitrogen and oxygen atoms in total. The molecule has 0 heterocycles. The van der Waals surface area contributed by atoms with Crippen LogP contribution in [0.4, 0.5) is 0 Å². The summed E-state index contributed by atoms with van der Waals surface area (Å²) >= 11 is 0. The van der Waals surface area contributed by atoms with Crippen molar-refractivity contribution < 1.29 is 9.59 Å². The highest BCUT2D eigenvalue weighted by Crippen LogP contribution is 2.13. The lowest BCUT2D eigenvalue weighted by Gasteiger charge is -2.05. The van der Waals surface area contributed by atoms with Crippen LogP contribution in [0.15, 0.2) is 35.4 Å². The number of amides is 2. The van der Waals surface area contributed by atoms with E-state index in [0.29, 0.717) is 6.54 Å². The molecule has 2 rings (SSSR count). The SMILES string of the molecule is O=C(CC(=O)NN=C1CCCC1)NCc1ccccc1. The molecule has 0 unspecified atom stereocenters. The molecule has 2 amide bonds. The van der Waals surface area contributed by atoms with E-state index in [0.717, 1.165) is 37.0 Å². The summed E-state index contributed by atoms with van der Waals surface area (Å²) in [5.74, 6) is -0.659. The molecule has 1 aliphatic carbocycles. The lowest BCUT2D eigenvalue weighted by molar-refractivity contribution is -0.129. The second-order valence-corrected chi connectivity index (χ2v) is 4.86. The minimum atomic E-state index is -0.366. The molecule has 0 aromatic heterocycles. The second-order valence-electron chi connectivity index (χ2n) is 4.86. The van der Waals surface area contributed by atoms with Gasteiger partial charge in [0.25, 0.3) is 0 Å². The van der Waals surface area contributed by atoms with Gasteiger partial charge >= 0.3 is 0 Å². The van der Waals surface area contributed by atoms with Gasteiger partial charge in [0.15, 0.2) is 0 Å². The maximum absolute atomic E-state index is 11.6. The molecule has 1 fully saturated rings. The molecule has 20 heavy (non-hydrogen) atoms. The Kier molecular flexibility index (Phi) is 5.29. The lowest BCUT2D eigenvalue weighted by atomic mass is 10.2. The van der Waals surface area contributed by atoms with E-state index in [2.05, 4.69) is 15.8 Å². The van der Waals surface area contributed by atoms with E-state index in [-0.39, 0.29) is 18.2 Å². The van der Waals surface area contributed by atoms with Crippen molar-refractivity contribution in [1.29, 1.82) is 0 Å². The van der Waals surface area contributed by atoms with Gasteiger partial charge in [-0.3, -0.25) is 9.59 Å². The molecule has 2 N–H and O–H groups in total. The van der Waals surface area contributed by atoms with E-state index in [4.69, 9.17) is 0 Å². The number of hydrazone groups is 1. The topological polar surface area (TPSA) is 70.6 Å². The third-order valence-corrected chi connectivity index (χ3v) is 3.17. The van der Waals surface area contributed by atoms with E-state index < -0.39 is 0 Å². The largest absolute Gasteiger partial charge is 0.352 e. The maximum atomic E-state index is 11.6. The monoisotopic (exact) mass is 273 g/mol. The summed E-state index contributed by atoms with van der Waals surface area (Å²) in [6, 6.07) is 9.58. The number of hydrogen-bond acceptors (Lipinski definition) is 3. The normalized spacial score (nSPS) is 13.9. The van der Waals surface area contributed by atoms with Gasteiger partial charge in [-0.15, -0.1) is 0 Å². The summed E-state index contributed by atoms with van der Waals surface area (Å²) in [7, 11) is 0. The summed E-state index contributed by atoms with van der Waals surface area (Å²) in [6.07, 6.45) is 3.96. The van der Waals surface area contributed by atoms with Crippen LogP contribution in [-0.4, -0.2) is 17.5 Å². The molecule has 0 bridgehead atoms. The van der Waals surface area contributed by atoms with Gasteiger partial charge in [-0.25, -0.2) is 5.43 Å². The van der Waals surface area contributed by atoms with Gasteiger partial charge in [-0.1, -0.05) is 30.3 Å². The van der Waals surface area contributed by atoms with Crippen molar-refractivity contribution >= 4 is 17.5 Å². The average molecular weight is 273 g/mol. The standard InChI is InChI=1S/C15H19N3O2/c19-14(16-11-12-6-2-1-3-7-12)10-15(20)18-17-13-8-4-5-9-13/h1-3,6-7H,4-5,8-11H2,(H,16,19)(H,18,20). The molecule has 0 aliphatic heterocycles. The highest BCUT2D eigenvalue weighted by molar-refractivity contribution is 5.97. The van der Waals surface area contributed by atoms with Crippen molar-refractivity contribution in [3.8, 4) is 0 Å². The lowest BCUT2D eigenvalue weighted by Crippen LogP contribution is -2.29. The molecule has 1 aromatic carbocycles. The quantitative estimate of drug-likeness (QED) is 0.633. The summed E-state index contributed by atoms with van der Waals surface area (Å²) in [6.45, 7) is 0.432. The first-order valence-corrected chi connectivity index (χ1v) is 6.89. The van der Waals surface area contributed by atoms with Crippen LogP contribution in [-0.2, 0) is 16.1 Å². The Balaban J connectivity index is 1.68. The molecule has 1 aliphatic rings. The van der Waals surface area contributed by atoms with E-state index in [9.17, 15) is 9.59 Å². The van der Waals surface area contributed by atoms with Gasteiger partial charge < -0.3 is 5.32 Å². The van der Waals surface area contributed by atoms with Gasteiger partial charge in [-0.05, 0) is 31.2 Å². The Labute approximate surface area is 118 Å². The zero-order valence-corrected chi connectivity index (χ0v) is 11.4. The Hall–Kier alpha value is -2.17. The Morgan fingerprint density at radius 2 is 1.75 bits per heavy atom. The van der Waals surface area contributed by atoms with Crippen molar-refractivity contribution in [2.24, 2.45) is 5.10 Å². The highest BCUT2D eigenvalue weighted by atomic mass is 16.2. The highest BCUT2D eigenvalue weighted by Gasteiger charge is 2.11. The molecule has 1 aromatic rings. The summed E-state index contributed by atoms with van der Waals surface area (Å²) in [5.41, 5.74) is 4.47. The summed E-state index contributed by atoms with van der Waals surface area (Å²) in [5, 5.41) is 6.74. The van der Waals surface area contributed by atoms with Crippen LogP contribution in [0.5, 0.6) is 0 Å². The molecule has 1 saturated carbocycles. The van der Waals surface area contributed by atoms with Crippen LogP contribution in [0, 0.1) is 0 Å². The molecule has 106 valence electrons. The van der Waals surface area contributed by atoms with Crippen LogP contribution in [0.3, 0.4) is 0 Å². The predicted molar refractivity (Wildman–Crippen MR) is 77.0 cm³/mol. The number of carbonyl (C=O) groups excluding carboxylic acids is 2. The maximum Gasteiger partial charge on any atom is 0.249 e. The Morgan fingerprint density at radius 3 is 2.45 bits per heavy atom. The molecule has 5 heteroatoms. The van der Waals surface area contributed by atoms with Crippen LogP contribution in [0.2, 0.25) is 0 Å². The van der Waals surface area contributed by atoms with E-state index >= 15 is 0 Å². The number of hydrogen-bond donors (Lipinski definition) is 2. The smallest absolute Gasteiger partial charge is 0.249 e. The molecule has 0 saturated heterocycles. The Bertz CT molecular complexity index is 489. The van der Waals surface area contributed by atoms with Crippen LogP contribution in [0.1, 0.15) is 37.7 Å². The van der Waals surface area contributed by atoms with E-state index in [1.165, 1.54) is 0 Å². The fourth-order valence-corrected chi connectivity index (χ4v) is 2.08. The first kappa shape index (κ1) is 14.2. The first-order valence-electron chi connectivity index (χ1n) is 6.89. The van der Waals surface area contributed by atoms with Gasteiger partial charge in [0.2, 0.25) is 11.8 Å². The zero-order valence-electron chi connectivity index (χ0n) is 11.4. The van der Waals surface area contributed by atoms with Crippen molar-refractivity contribution in [3.05, 3.63) is 35.9 Å². The fraction of sp³-hybridized carbons (Fsp3) is 0.400. The van der Waals surface area contributed by atoms with Gasteiger partial charge in [-0.2, -0.15) is 5.10 Å². The van der Waals surface area contributed by atoms with E-state index in [1.54, 1.807) is 0 Å². The van der Waals surface area contributed by atoms with Crippen LogP contribution in [0.25, 0.3) is 0 Å². The fourth-order valence-electron chi connectivity index (χ4n) is 2.08. The third-order valence-electron chi connectivity index (χ3n) is 3.17. The van der Waals surface area contributed by atoms with Crippen molar-refractivity contribution in [2.45, 2.75) is 38.6 Å². The van der Waals surface area contributed by atoms with Crippen LogP contribution < -0.4 is 10.7 Å². The molecule has 0 radical (unpaired) electrons. The Morgan fingerprint density at radius 1 is 1.05 bits per heavy atom. The summed E-state index contributed by atoms with van der Waals surface area (Å²) < 4.78 is 0. The zero-order chi connectivity index (χ0) is 14.2. The number of carbonyl (C=O) groups is 2. The molecule has 0 atom stereocenters. The number of benzene rings is 1. The first-order chi connectivity index (χ1) is 9.74. The second kappa shape index (κ2) is 7.43. The molecular weight excluding hydrogens is 254 g/mol. The van der Waals surface area contributed by atoms with Gasteiger partial charge in [0, 0.05) is 12.3 Å². The molecular formula is C15H19N3O2. The number of nitrogens with one attached hydrogen (secondary N) is 2. The van der Waals surface area contributed by atoms with Crippen molar-refractivity contribution in [2.75, 3.05) is 0 Å². The van der Waals surface area contributed by atoms with Crippen molar-refractivity contribution in [1.82, 2.24) is 10.7 Å². The van der Waals surface area contributed by atoms with E-state index in [1.807, 2.05) is 30.3 Å². The summed E-state index contributed by atoms with van der Waals surface area (Å²) in [4.78, 5) is 23.1. The van der Waals surface area contributed by atoms with Gasteiger partial charge in [0.05, 0.1) is 0 Å². The minimum Gasteiger partial charge on any atom is -0.352 e. The van der Waals surface area contributed by atoms with Crippen LogP contribution >= 0.6 is 0 Å². The van der Waals surface area contributed by atoms with Crippen molar-refractivity contribution in [3.63, 3.8) is 0 Å². The average Bonchev–Trinajstić information content (AvgIpc) is 2.97. The number of nitrogens with zero attached hydrogens (tertiary/aromatic N) is 1.